The third-order valence-corrected chi connectivity index (χ3v) is 6.58. The normalized spacial score (nSPS) is 12.3. The molecule has 0 radical (unpaired) electrons. The third-order valence-electron chi connectivity index (χ3n) is 5.99. The van der Waals surface area contributed by atoms with E-state index < -0.39 is 0 Å². The van der Waals surface area contributed by atoms with Crippen LogP contribution in [0.25, 0.3) is 16.7 Å². The summed E-state index contributed by atoms with van der Waals surface area (Å²) in [4.78, 5) is 12.0. The molecule has 0 amide bonds. The molecule has 36 heavy (non-hydrogen) atoms. The van der Waals surface area contributed by atoms with E-state index in [-0.39, 0.29) is 11.7 Å². The molecule has 0 spiro atoms. The number of imidazole rings is 1. The lowest BCUT2D eigenvalue weighted by atomic mass is 9.90. The van der Waals surface area contributed by atoms with Crippen molar-refractivity contribution in [3.05, 3.63) is 99.1 Å². The van der Waals surface area contributed by atoms with E-state index in [1.54, 1.807) is 42.2 Å². The van der Waals surface area contributed by atoms with Gasteiger partial charge in [0.2, 0.25) is 0 Å². The Morgan fingerprint density at radius 3 is 2.50 bits per heavy atom. The zero-order valence-corrected chi connectivity index (χ0v) is 21.4. The molecule has 0 fully saturated rings. The summed E-state index contributed by atoms with van der Waals surface area (Å²) < 4.78 is 15.8. The number of hydrogen-bond acceptors (Lipinski definition) is 5. The van der Waals surface area contributed by atoms with Crippen molar-refractivity contribution in [2.24, 2.45) is 0 Å². The van der Waals surface area contributed by atoms with Gasteiger partial charge in [0.15, 0.2) is 0 Å². The van der Waals surface area contributed by atoms with Crippen LogP contribution >= 0.6 is 23.2 Å². The second kappa shape index (κ2) is 9.89. The molecule has 184 valence electrons. The van der Waals surface area contributed by atoms with Gasteiger partial charge in [-0.2, -0.15) is 5.10 Å². The number of anilines is 1. The molecule has 5 aromatic rings. The second-order valence-electron chi connectivity index (χ2n) is 8.69. The fraction of sp³-hybridized carbons (Fsp3) is 0.192. The number of fused-ring (bicyclic) bond motifs is 1. The van der Waals surface area contributed by atoms with Crippen molar-refractivity contribution in [1.82, 2.24) is 30.2 Å². The topological polar surface area (TPSA) is 83.5 Å². The Morgan fingerprint density at radius 2 is 1.81 bits per heavy atom. The molecular weight excluding hydrogens is 500 g/mol. The summed E-state index contributed by atoms with van der Waals surface area (Å²) in [6.07, 6.45) is 1.60. The fourth-order valence-electron chi connectivity index (χ4n) is 4.32. The van der Waals surface area contributed by atoms with Crippen LogP contribution in [0.2, 0.25) is 10.0 Å². The van der Waals surface area contributed by atoms with Crippen LogP contribution in [0.3, 0.4) is 0 Å². The molecule has 2 aromatic heterocycles. The SMILES string of the molecule is Cc1ncn(-c2cc(Cl)c(NNC[C@@H](c3cccc(F)c3)c3cc(C)c4nc(C)[nH]c4c3)c(Cl)c2)n1. The molecule has 1 atom stereocenters. The van der Waals surface area contributed by atoms with Gasteiger partial charge in [-0.1, -0.05) is 41.4 Å². The highest BCUT2D eigenvalue weighted by atomic mass is 35.5. The number of halogens is 3. The Hall–Kier alpha value is -3.46. The van der Waals surface area contributed by atoms with Gasteiger partial charge in [0.1, 0.15) is 23.8 Å². The minimum Gasteiger partial charge on any atom is -0.342 e. The number of hydrogen-bond donors (Lipinski definition) is 3. The maximum absolute atomic E-state index is 14.2. The number of rotatable bonds is 7. The van der Waals surface area contributed by atoms with Crippen LogP contribution in [0.1, 0.15) is 34.3 Å². The van der Waals surface area contributed by atoms with Crippen LogP contribution < -0.4 is 10.9 Å². The van der Waals surface area contributed by atoms with E-state index in [1.165, 1.54) is 6.07 Å². The maximum atomic E-state index is 14.2. The van der Waals surface area contributed by atoms with E-state index in [1.807, 2.05) is 19.9 Å². The highest BCUT2D eigenvalue weighted by Crippen LogP contribution is 2.33. The molecule has 0 saturated heterocycles. The van der Waals surface area contributed by atoms with Crippen molar-refractivity contribution < 1.29 is 4.39 Å². The van der Waals surface area contributed by atoms with Crippen molar-refractivity contribution in [3.8, 4) is 5.69 Å². The molecule has 7 nitrogen and oxygen atoms in total. The summed E-state index contributed by atoms with van der Waals surface area (Å²) in [6, 6.07) is 14.3. The zero-order valence-electron chi connectivity index (χ0n) is 19.9. The first-order valence-corrected chi connectivity index (χ1v) is 12.1. The van der Waals surface area contributed by atoms with Crippen molar-refractivity contribution in [2.45, 2.75) is 26.7 Å². The number of aromatic nitrogens is 5. The van der Waals surface area contributed by atoms with E-state index in [9.17, 15) is 4.39 Å². The molecule has 0 aliphatic heterocycles. The summed E-state index contributed by atoms with van der Waals surface area (Å²) >= 11 is 13.1. The molecule has 10 heteroatoms. The molecule has 0 bridgehead atoms. The Balaban J connectivity index is 1.42. The quantitative estimate of drug-likeness (QED) is 0.219. The molecule has 5 rings (SSSR count). The first-order valence-electron chi connectivity index (χ1n) is 11.4. The highest BCUT2D eigenvalue weighted by molar-refractivity contribution is 6.39. The lowest BCUT2D eigenvalue weighted by Gasteiger charge is -2.21. The molecule has 0 aliphatic rings. The number of nitrogens with zero attached hydrogens (tertiary/aromatic N) is 4. The van der Waals surface area contributed by atoms with Gasteiger partial charge in [0, 0.05) is 12.5 Å². The molecule has 0 aliphatic carbocycles. The van der Waals surface area contributed by atoms with Gasteiger partial charge in [0.05, 0.1) is 32.5 Å². The van der Waals surface area contributed by atoms with E-state index in [0.717, 1.165) is 33.5 Å². The largest absolute Gasteiger partial charge is 0.342 e. The van der Waals surface area contributed by atoms with Gasteiger partial charge < -0.3 is 10.4 Å². The van der Waals surface area contributed by atoms with Gasteiger partial charge in [0.25, 0.3) is 0 Å². The standard InChI is InChI=1S/C26H24Cl2FN7/c1-14-7-18(9-24-25(14)33-16(3)32-24)21(17-5-4-6-19(29)8-17)12-31-34-26-22(27)10-20(11-23(26)28)36-13-30-15(2)35-36/h4-11,13,21,31,34H,12H2,1-3H3,(H,32,33)/t21-/m0/s1. The first kappa shape index (κ1) is 24.2. The lowest BCUT2D eigenvalue weighted by Crippen LogP contribution is -2.28. The average Bonchev–Trinajstić information content (AvgIpc) is 3.43. The van der Waals surface area contributed by atoms with Crippen LogP contribution in [0.15, 0.2) is 54.9 Å². The van der Waals surface area contributed by atoms with Crippen LogP contribution in [-0.4, -0.2) is 31.3 Å². The molecule has 3 aromatic carbocycles. The average molecular weight is 524 g/mol. The van der Waals surface area contributed by atoms with Gasteiger partial charge in [-0.05, 0) is 67.8 Å². The fourth-order valence-corrected chi connectivity index (χ4v) is 4.89. The minimum absolute atomic E-state index is 0.158. The predicted molar refractivity (Wildman–Crippen MR) is 142 cm³/mol. The number of nitrogens with one attached hydrogen (secondary N) is 3. The van der Waals surface area contributed by atoms with Gasteiger partial charge in [-0.3, -0.25) is 0 Å². The van der Waals surface area contributed by atoms with Crippen LogP contribution in [0, 0.1) is 26.6 Å². The number of hydrazine groups is 1. The maximum Gasteiger partial charge on any atom is 0.147 e. The molecule has 3 N–H and O–H groups in total. The number of benzene rings is 3. The summed E-state index contributed by atoms with van der Waals surface area (Å²) in [6.45, 7) is 6.20. The van der Waals surface area contributed by atoms with E-state index in [4.69, 9.17) is 23.2 Å². The lowest BCUT2D eigenvalue weighted by molar-refractivity contribution is 0.620. The molecular formula is C26H24Cl2FN7. The Kier molecular flexibility index (Phi) is 6.66. The van der Waals surface area contributed by atoms with Crippen molar-refractivity contribution in [2.75, 3.05) is 12.0 Å². The smallest absolute Gasteiger partial charge is 0.147 e. The summed E-state index contributed by atoms with van der Waals surface area (Å²) in [7, 11) is 0. The molecule has 0 saturated carbocycles. The van der Waals surface area contributed by atoms with Crippen molar-refractivity contribution >= 4 is 39.9 Å². The van der Waals surface area contributed by atoms with E-state index in [2.05, 4.69) is 43.0 Å². The monoisotopic (exact) mass is 523 g/mol. The van der Waals surface area contributed by atoms with Crippen LogP contribution in [0.5, 0.6) is 0 Å². The van der Waals surface area contributed by atoms with E-state index >= 15 is 0 Å². The van der Waals surface area contributed by atoms with Crippen LogP contribution in [0.4, 0.5) is 10.1 Å². The number of H-pyrrole nitrogens is 1. The summed E-state index contributed by atoms with van der Waals surface area (Å²) in [5.41, 5.74) is 12.4. The highest BCUT2D eigenvalue weighted by Gasteiger charge is 2.18. The molecule has 2 heterocycles. The molecule has 0 unspecified atom stereocenters. The first-order chi connectivity index (χ1) is 17.3. The number of aromatic amines is 1. The summed E-state index contributed by atoms with van der Waals surface area (Å²) in [5.74, 6) is 1.05. The van der Waals surface area contributed by atoms with Crippen LogP contribution in [-0.2, 0) is 0 Å². The van der Waals surface area contributed by atoms with Crippen molar-refractivity contribution in [3.63, 3.8) is 0 Å². The predicted octanol–water partition coefficient (Wildman–Crippen LogP) is 6.26. The third kappa shape index (κ3) is 4.93. The Bertz CT molecular complexity index is 1540. The Labute approximate surface area is 217 Å². The van der Waals surface area contributed by atoms with E-state index in [0.29, 0.717) is 33.8 Å². The summed E-state index contributed by atoms with van der Waals surface area (Å²) in [5, 5.41) is 5.14. The Morgan fingerprint density at radius 1 is 1.03 bits per heavy atom. The van der Waals surface area contributed by atoms with Gasteiger partial charge in [-0.15, -0.1) is 0 Å². The second-order valence-corrected chi connectivity index (χ2v) is 9.50. The van der Waals surface area contributed by atoms with Crippen molar-refractivity contribution in [1.29, 1.82) is 0 Å². The van der Waals surface area contributed by atoms with Gasteiger partial charge >= 0.3 is 0 Å². The minimum atomic E-state index is -0.286. The number of aryl methyl sites for hydroxylation is 3. The zero-order chi connectivity index (χ0) is 25.4. The van der Waals surface area contributed by atoms with Gasteiger partial charge in [-0.25, -0.2) is 24.5 Å².